The molecule has 0 spiro atoms. The molecule has 0 bridgehead atoms. The molecular weight excluding hydrogens is 302 g/mol. The molecule has 5 heteroatoms. The first-order valence-electron chi connectivity index (χ1n) is 8.99. The first kappa shape index (κ1) is 17.0. The van der Waals surface area contributed by atoms with E-state index in [1.807, 2.05) is 35.2 Å². The molecule has 1 heterocycles. The van der Waals surface area contributed by atoms with E-state index in [4.69, 9.17) is 5.73 Å². The number of rotatable bonds is 6. The first-order chi connectivity index (χ1) is 11.6. The van der Waals surface area contributed by atoms with E-state index < -0.39 is 0 Å². The summed E-state index contributed by atoms with van der Waals surface area (Å²) in [6.07, 6.45) is 4.50. The zero-order valence-electron chi connectivity index (χ0n) is 14.1. The van der Waals surface area contributed by atoms with Gasteiger partial charge in [-0.1, -0.05) is 30.3 Å². The van der Waals surface area contributed by atoms with Crippen molar-refractivity contribution < 1.29 is 9.59 Å². The van der Waals surface area contributed by atoms with Gasteiger partial charge >= 0.3 is 0 Å². The minimum absolute atomic E-state index is 0.0473. The highest BCUT2D eigenvalue weighted by atomic mass is 16.2. The maximum absolute atomic E-state index is 12.5. The van der Waals surface area contributed by atoms with Crippen LogP contribution in [0, 0.1) is 11.8 Å². The highest BCUT2D eigenvalue weighted by molar-refractivity contribution is 5.81. The van der Waals surface area contributed by atoms with Crippen molar-refractivity contribution in [3.8, 4) is 0 Å². The van der Waals surface area contributed by atoms with Crippen LogP contribution in [-0.4, -0.2) is 36.3 Å². The predicted molar refractivity (Wildman–Crippen MR) is 93.0 cm³/mol. The molecule has 2 atom stereocenters. The van der Waals surface area contributed by atoms with Crippen LogP contribution in [-0.2, 0) is 9.59 Å². The van der Waals surface area contributed by atoms with Gasteiger partial charge in [0.25, 0.3) is 0 Å². The Labute approximate surface area is 143 Å². The van der Waals surface area contributed by atoms with Crippen LogP contribution in [0.1, 0.15) is 43.7 Å². The summed E-state index contributed by atoms with van der Waals surface area (Å²) < 4.78 is 0. The molecule has 1 aromatic rings. The minimum atomic E-state index is -0.289. The third-order valence-electron chi connectivity index (χ3n) is 5.03. The maximum Gasteiger partial charge on any atom is 0.224 e. The molecule has 0 radical (unpaired) electrons. The smallest absolute Gasteiger partial charge is 0.224 e. The lowest BCUT2D eigenvalue weighted by Gasteiger charge is -2.32. The summed E-state index contributed by atoms with van der Waals surface area (Å²) in [7, 11) is 0. The van der Waals surface area contributed by atoms with Gasteiger partial charge in [-0.15, -0.1) is 0 Å². The Morgan fingerprint density at radius 1 is 1.21 bits per heavy atom. The lowest BCUT2D eigenvalue weighted by molar-refractivity contribution is -0.136. The van der Waals surface area contributed by atoms with Gasteiger partial charge in [0.1, 0.15) is 0 Å². The van der Waals surface area contributed by atoms with Gasteiger partial charge in [0.15, 0.2) is 0 Å². The summed E-state index contributed by atoms with van der Waals surface area (Å²) >= 11 is 0. The SMILES string of the molecule is NC(CC(=O)N1CCCC(C(=O)NCC2CC2)C1)c1ccccc1. The van der Waals surface area contributed by atoms with Gasteiger partial charge in [-0.2, -0.15) is 0 Å². The molecule has 1 aliphatic carbocycles. The number of likely N-dealkylation sites (tertiary alicyclic amines) is 1. The molecule has 2 fully saturated rings. The number of carbonyl (C=O) groups excluding carboxylic acids is 2. The van der Waals surface area contributed by atoms with E-state index in [2.05, 4.69) is 5.32 Å². The minimum Gasteiger partial charge on any atom is -0.356 e. The number of benzene rings is 1. The van der Waals surface area contributed by atoms with Gasteiger partial charge in [0.2, 0.25) is 11.8 Å². The fourth-order valence-electron chi connectivity index (χ4n) is 3.26. The van der Waals surface area contributed by atoms with Crippen molar-refractivity contribution in [3.05, 3.63) is 35.9 Å². The molecular formula is C19H27N3O2. The molecule has 2 aliphatic rings. The number of hydrogen-bond acceptors (Lipinski definition) is 3. The van der Waals surface area contributed by atoms with Crippen LogP contribution in [0.5, 0.6) is 0 Å². The van der Waals surface area contributed by atoms with Gasteiger partial charge in [0, 0.05) is 32.1 Å². The Balaban J connectivity index is 1.49. The van der Waals surface area contributed by atoms with E-state index >= 15 is 0 Å². The van der Waals surface area contributed by atoms with E-state index in [1.165, 1.54) is 12.8 Å². The normalized spacial score (nSPS) is 22.0. The molecule has 130 valence electrons. The van der Waals surface area contributed by atoms with Crippen molar-refractivity contribution in [2.45, 2.75) is 38.1 Å². The van der Waals surface area contributed by atoms with Crippen molar-refractivity contribution >= 4 is 11.8 Å². The third-order valence-corrected chi connectivity index (χ3v) is 5.03. The second-order valence-electron chi connectivity index (χ2n) is 7.09. The van der Waals surface area contributed by atoms with Crippen LogP contribution in [0.2, 0.25) is 0 Å². The van der Waals surface area contributed by atoms with Gasteiger partial charge in [-0.3, -0.25) is 9.59 Å². The van der Waals surface area contributed by atoms with Gasteiger partial charge in [0.05, 0.1) is 5.92 Å². The second-order valence-corrected chi connectivity index (χ2v) is 7.09. The average molecular weight is 329 g/mol. The summed E-state index contributed by atoms with van der Waals surface area (Å²) in [5.41, 5.74) is 7.13. The molecule has 1 aliphatic heterocycles. The summed E-state index contributed by atoms with van der Waals surface area (Å²) in [6.45, 7) is 2.05. The van der Waals surface area contributed by atoms with Crippen molar-refractivity contribution in [3.63, 3.8) is 0 Å². The van der Waals surface area contributed by atoms with Gasteiger partial charge in [-0.25, -0.2) is 0 Å². The zero-order valence-corrected chi connectivity index (χ0v) is 14.1. The summed E-state index contributed by atoms with van der Waals surface area (Å²) in [4.78, 5) is 26.6. The van der Waals surface area contributed by atoms with Crippen LogP contribution >= 0.6 is 0 Å². The van der Waals surface area contributed by atoms with Crippen LogP contribution in [0.15, 0.2) is 30.3 Å². The molecule has 3 N–H and O–H groups in total. The molecule has 5 nitrogen and oxygen atoms in total. The Morgan fingerprint density at radius 2 is 1.96 bits per heavy atom. The molecule has 1 saturated heterocycles. The maximum atomic E-state index is 12.5. The van der Waals surface area contributed by atoms with Crippen molar-refractivity contribution in [2.75, 3.05) is 19.6 Å². The van der Waals surface area contributed by atoms with Crippen molar-refractivity contribution in [2.24, 2.45) is 17.6 Å². The third kappa shape index (κ3) is 4.57. The van der Waals surface area contributed by atoms with Crippen molar-refractivity contribution in [1.29, 1.82) is 0 Å². The second kappa shape index (κ2) is 7.79. The predicted octanol–water partition coefficient (Wildman–Crippen LogP) is 1.84. The molecule has 0 aromatic heterocycles. The topological polar surface area (TPSA) is 75.4 Å². The number of carbonyl (C=O) groups is 2. The fourth-order valence-corrected chi connectivity index (χ4v) is 3.26. The molecule has 1 aromatic carbocycles. The van der Waals surface area contributed by atoms with Crippen LogP contribution in [0.4, 0.5) is 0 Å². The molecule has 2 unspecified atom stereocenters. The monoisotopic (exact) mass is 329 g/mol. The Bertz CT molecular complexity index is 571. The van der Waals surface area contributed by atoms with E-state index in [9.17, 15) is 9.59 Å². The average Bonchev–Trinajstić information content (AvgIpc) is 3.45. The Hall–Kier alpha value is -1.88. The van der Waals surface area contributed by atoms with E-state index in [0.717, 1.165) is 31.5 Å². The van der Waals surface area contributed by atoms with Gasteiger partial charge < -0.3 is 16.0 Å². The number of nitrogens with zero attached hydrogens (tertiary/aromatic N) is 1. The standard InChI is InChI=1S/C19H27N3O2/c20-17(15-5-2-1-3-6-15)11-18(23)22-10-4-7-16(13-22)19(24)21-12-14-8-9-14/h1-3,5-6,14,16-17H,4,7-13,20H2,(H,21,24). The molecule has 2 amide bonds. The zero-order chi connectivity index (χ0) is 16.9. The summed E-state index contributed by atoms with van der Waals surface area (Å²) in [5, 5.41) is 3.04. The summed E-state index contributed by atoms with van der Waals surface area (Å²) in [6, 6.07) is 9.41. The molecule has 1 saturated carbocycles. The highest BCUT2D eigenvalue weighted by Crippen LogP contribution is 2.28. The molecule has 3 rings (SSSR count). The quantitative estimate of drug-likeness (QED) is 0.836. The number of nitrogens with two attached hydrogens (primary N) is 1. The first-order valence-corrected chi connectivity index (χ1v) is 8.99. The summed E-state index contributed by atoms with van der Waals surface area (Å²) in [5.74, 6) is 0.756. The van der Waals surface area contributed by atoms with E-state index in [0.29, 0.717) is 18.9 Å². The number of hydrogen-bond donors (Lipinski definition) is 2. The Morgan fingerprint density at radius 3 is 2.67 bits per heavy atom. The van der Waals surface area contributed by atoms with Crippen molar-refractivity contribution in [1.82, 2.24) is 10.2 Å². The lowest BCUT2D eigenvalue weighted by atomic mass is 9.96. The van der Waals surface area contributed by atoms with Crippen LogP contribution in [0.3, 0.4) is 0 Å². The lowest BCUT2D eigenvalue weighted by Crippen LogP contribution is -2.46. The number of amides is 2. The van der Waals surface area contributed by atoms with Crippen LogP contribution < -0.4 is 11.1 Å². The Kier molecular flexibility index (Phi) is 5.51. The van der Waals surface area contributed by atoms with E-state index in [1.54, 1.807) is 0 Å². The van der Waals surface area contributed by atoms with Crippen LogP contribution in [0.25, 0.3) is 0 Å². The molecule has 24 heavy (non-hydrogen) atoms. The van der Waals surface area contributed by atoms with E-state index in [-0.39, 0.29) is 23.8 Å². The van der Waals surface area contributed by atoms with Gasteiger partial charge in [-0.05, 0) is 37.2 Å². The number of nitrogens with one attached hydrogen (secondary N) is 1. The number of piperidine rings is 1. The fraction of sp³-hybridized carbons (Fsp3) is 0.579. The highest BCUT2D eigenvalue weighted by Gasteiger charge is 2.30. The largest absolute Gasteiger partial charge is 0.356 e.